The van der Waals surface area contributed by atoms with Crippen LogP contribution in [0, 0.1) is 0 Å². The van der Waals surface area contributed by atoms with Crippen molar-refractivity contribution in [2.45, 2.75) is 25.6 Å². The van der Waals surface area contributed by atoms with Gasteiger partial charge in [-0.15, -0.1) is 0 Å². The lowest BCUT2D eigenvalue weighted by Crippen LogP contribution is -2.29. The van der Waals surface area contributed by atoms with Crippen LogP contribution in [0.3, 0.4) is 0 Å². The van der Waals surface area contributed by atoms with Crippen molar-refractivity contribution < 1.29 is 9.47 Å². The maximum absolute atomic E-state index is 6.24. The predicted molar refractivity (Wildman–Crippen MR) is 112 cm³/mol. The van der Waals surface area contributed by atoms with Gasteiger partial charge in [-0.1, -0.05) is 35.9 Å². The molecule has 5 heteroatoms. The number of aromatic nitrogens is 1. The first kappa shape index (κ1) is 18.9. The van der Waals surface area contributed by atoms with Crippen LogP contribution in [0.5, 0.6) is 11.5 Å². The highest BCUT2D eigenvalue weighted by Crippen LogP contribution is 2.41. The number of methoxy groups -OCH3 is 2. The average Bonchev–Trinajstić information content (AvgIpc) is 3.09. The number of hydrogen-bond donors (Lipinski definition) is 0. The van der Waals surface area contributed by atoms with Crippen LogP contribution < -0.4 is 9.47 Å². The normalized spacial score (nSPS) is 17.0. The molecule has 2 heterocycles. The fourth-order valence-electron chi connectivity index (χ4n) is 4.16. The molecule has 1 aliphatic heterocycles. The molecule has 4 nitrogen and oxygen atoms in total. The first-order chi connectivity index (χ1) is 13.7. The van der Waals surface area contributed by atoms with E-state index in [0.29, 0.717) is 0 Å². The van der Waals surface area contributed by atoms with Gasteiger partial charge in [-0.2, -0.15) is 0 Å². The number of halogens is 1. The average molecular weight is 397 g/mol. The zero-order valence-corrected chi connectivity index (χ0v) is 17.0. The monoisotopic (exact) mass is 396 g/mol. The van der Waals surface area contributed by atoms with Crippen LogP contribution in [0.25, 0.3) is 0 Å². The molecule has 28 heavy (non-hydrogen) atoms. The molecule has 0 unspecified atom stereocenters. The maximum Gasteiger partial charge on any atom is 0.165 e. The molecule has 2 aromatic carbocycles. The summed E-state index contributed by atoms with van der Waals surface area (Å²) in [6.45, 7) is 2.81. The number of rotatable bonds is 5. The van der Waals surface area contributed by atoms with Gasteiger partial charge in [0.15, 0.2) is 11.5 Å². The van der Waals surface area contributed by atoms with Crippen LogP contribution >= 0.6 is 11.6 Å². The third-order valence-corrected chi connectivity index (χ3v) is 5.59. The topological polar surface area (TPSA) is 26.6 Å². The van der Waals surface area contributed by atoms with E-state index in [0.717, 1.165) is 48.1 Å². The van der Waals surface area contributed by atoms with Crippen LogP contribution in [0.1, 0.15) is 29.3 Å². The number of hydrogen-bond acceptors (Lipinski definition) is 3. The fraction of sp³-hybridized carbons (Fsp3) is 0.304. The van der Waals surface area contributed by atoms with Crippen molar-refractivity contribution in [2.24, 2.45) is 0 Å². The molecule has 0 fully saturated rings. The summed E-state index contributed by atoms with van der Waals surface area (Å²) in [6, 6.07) is 18.6. The van der Waals surface area contributed by atoms with Gasteiger partial charge in [0, 0.05) is 42.1 Å². The van der Waals surface area contributed by atoms with Crippen molar-refractivity contribution in [1.29, 1.82) is 0 Å². The molecule has 0 saturated carbocycles. The van der Waals surface area contributed by atoms with E-state index in [1.165, 1.54) is 11.3 Å². The largest absolute Gasteiger partial charge is 0.493 e. The van der Waals surface area contributed by atoms with Crippen molar-refractivity contribution in [2.75, 3.05) is 20.8 Å². The Morgan fingerprint density at radius 3 is 2.64 bits per heavy atom. The van der Waals surface area contributed by atoms with Crippen molar-refractivity contribution >= 4 is 11.6 Å². The Bertz CT molecular complexity index is 953. The number of fused-ring (bicyclic) bond motifs is 1. The standard InChI is InChI=1S/C23H25ClN2O2/c1-27-21-11-4-9-19(23(21)28-2)22-20-10-5-12-25(20)13-6-14-26(22)16-17-7-3-8-18(24)15-17/h3-5,7-12,15,22H,6,13-14,16H2,1-2H3/t22-/m0/s1. The van der Waals surface area contributed by atoms with Crippen LogP contribution in [-0.2, 0) is 13.1 Å². The zero-order chi connectivity index (χ0) is 19.5. The first-order valence-corrected chi connectivity index (χ1v) is 9.93. The second kappa shape index (κ2) is 8.29. The van der Waals surface area contributed by atoms with Crippen LogP contribution in [-0.4, -0.2) is 30.2 Å². The summed E-state index contributed by atoms with van der Waals surface area (Å²) < 4.78 is 13.7. The Labute approximate surface area is 171 Å². The van der Waals surface area contributed by atoms with Crippen LogP contribution in [0.15, 0.2) is 60.8 Å². The summed E-state index contributed by atoms with van der Waals surface area (Å²) in [4.78, 5) is 2.50. The van der Waals surface area contributed by atoms with Gasteiger partial charge in [0.2, 0.25) is 0 Å². The van der Waals surface area contributed by atoms with E-state index < -0.39 is 0 Å². The number of benzene rings is 2. The summed E-state index contributed by atoms with van der Waals surface area (Å²) in [5.74, 6) is 1.55. The molecule has 0 saturated heterocycles. The minimum absolute atomic E-state index is 0.0709. The van der Waals surface area contributed by atoms with Crippen LogP contribution in [0.4, 0.5) is 0 Å². The number of para-hydroxylation sites is 1. The Morgan fingerprint density at radius 2 is 1.86 bits per heavy atom. The van der Waals surface area contributed by atoms with Gasteiger partial charge in [0.1, 0.15) is 0 Å². The lowest BCUT2D eigenvalue weighted by Gasteiger charge is -2.32. The Morgan fingerprint density at radius 1 is 1.00 bits per heavy atom. The zero-order valence-electron chi connectivity index (χ0n) is 16.3. The summed E-state index contributed by atoms with van der Waals surface area (Å²) >= 11 is 6.24. The highest BCUT2D eigenvalue weighted by atomic mass is 35.5. The van der Waals surface area contributed by atoms with E-state index in [1.54, 1.807) is 14.2 Å². The molecule has 0 N–H and O–H groups in total. The summed E-state index contributed by atoms with van der Waals surface area (Å²) in [6.07, 6.45) is 3.25. The van der Waals surface area contributed by atoms with E-state index in [9.17, 15) is 0 Å². The molecule has 1 atom stereocenters. The summed E-state index contributed by atoms with van der Waals surface area (Å²) in [5, 5.41) is 0.770. The van der Waals surface area contributed by atoms with Crippen molar-refractivity contribution in [1.82, 2.24) is 9.47 Å². The molecule has 1 aromatic heterocycles. The third kappa shape index (κ3) is 3.62. The van der Waals surface area contributed by atoms with Crippen molar-refractivity contribution in [3.05, 3.63) is 82.6 Å². The molecule has 4 rings (SSSR count). The number of nitrogens with zero attached hydrogens (tertiary/aromatic N) is 2. The molecule has 1 aliphatic rings. The van der Waals surface area contributed by atoms with Crippen LogP contribution in [0.2, 0.25) is 5.02 Å². The lowest BCUT2D eigenvalue weighted by molar-refractivity contribution is 0.215. The first-order valence-electron chi connectivity index (χ1n) is 9.55. The molecule has 146 valence electrons. The van der Waals surface area contributed by atoms with Gasteiger partial charge in [0.05, 0.1) is 20.3 Å². The van der Waals surface area contributed by atoms with Crippen molar-refractivity contribution in [3.63, 3.8) is 0 Å². The van der Waals surface area contributed by atoms with E-state index >= 15 is 0 Å². The Kier molecular flexibility index (Phi) is 5.60. The highest BCUT2D eigenvalue weighted by molar-refractivity contribution is 6.30. The number of ether oxygens (including phenoxy) is 2. The molecule has 0 amide bonds. The summed E-state index contributed by atoms with van der Waals surface area (Å²) in [7, 11) is 3.39. The Hall–Kier alpha value is -2.43. The summed E-state index contributed by atoms with van der Waals surface area (Å²) in [5.41, 5.74) is 3.59. The molecule has 0 radical (unpaired) electrons. The number of aryl methyl sites for hydroxylation is 1. The van der Waals surface area contributed by atoms with E-state index in [1.807, 2.05) is 30.3 Å². The van der Waals surface area contributed by atoms with E-state index in [-0.39, 0.29) is 6.04 Å². The highest BCUT2D eigenvalue weighted by Gasteiger charge is 2.30. The minimum Gasteiger partial charge on any atom is -0.493 e. The van der Waals surface area contributed by atoms with Gasteiger partial charge in [-0.05, 0) is 42.3 Å². The fourth-order valence-corrected chi connectivity index (χ4v) is 4.38. The molecule has 3 aromatic rings. The van der Waals surface area contributed by atoms with E-state index in [4.69, 9.17) is 21.1 Å². The van der Waals surface area contributed by atoms with Gasteiger partial charge in [0.25, 0.3) is 0 Å². The molecule has 0 bridgehead atoms. The second-order valence-electron chi connectivity index (χ2n) is 7.07. The van der Waals surface area contributed by atoms with Gasteiger partial charge in [-0.3, -0.25) is 4.90 Å². The van der Waals surface area contributed by atoms with Gasteiger partial charge in [-0.25, -0.2) is 0 Å². The maximum atomic E-state index is 6.24. The van der Waals surface area contributed by atoms with Gasteiger partial charge >= 0.3 is 0 Å². The smallest absolute Gasteiger partial charge is 0.165 e. The SMILES string of the molecule is COc1cccc([C@H]2c3cccn3CCCN2Cc2cccc(Cl)c2)c1OC. The third-order valence-electron chi connectivity index (χ3n) is 5.36. The second-order valence-corrected chi connectivity index (χ2v) is 7.50. The van der Waals surface area contributed by atoms with Crippen molar-refractivity contribution in [3.8, 4) is 11.5 Å². The minimum atomic E-state index is 0.0709. The predicted octanol–water partition coefficient (Wildman–Crippen LogP) is 5.15. The Balaban J connectivity index is 1.81. The molecule has 0 aliphatic carbocycles. The molecular weight excluding hydrogens is 372 g/mol. The molecule has 0 spiro atoms. The van der Waals surface area contributed by atoms with Gasteiger partial charge < -0.3 is 14.0 Å². The molecular formula is C23H25ClN2O2. The lowest BCUT2D eigenvalue weighted by atomic mass is 9.99. The van der Waals surface area contributed by atoms with E-state index in [2.05, 4.69) is 39.9 Å². The quantitative estimate of drug-likeness (QED) is 0.596.